The second-order valence-electron chi connectivity index (χ2n) is 4.78. The summed E-state index contributed by atoms with van der Waals surface area (Å²) in [4.78, 5) is 15.7. The number of rotatable bonds is 7. The second kappa shape index (κ2) is 7.63. The molecule has 1 aliphatic heterocycles. The van der Waals surface area contributed by atoms with Crippen molar-refractivity contribution in [2.75, 3.05) is 46.3 Å². The Morgan fingerprint density at radius 1 is 1.35 bits per heavy atom. The fraction of sp³-hybridized carbons (Fsp3) is 0.917. The highest BCUT2D eigenvalue weighted by Gasteiger charge is 2.19. The van der Waals surface area contributed by atoms with Crippen LogP contribution in [0.3, 0.4) is 0 Å². The van der Waals surface area contributed by atoms with E-state index in [4.69, 9.17) is 5.11 Å². The van der Waals surface area contributed by atoms with Crippen LogP contribution in [0.4, 0.5) is 0 Å². The van der Waals surface area contributed by atoms with Crippen LogP contribution in [0.25, 0.3) is 0 Å². The topological polar surface area (TPSA) is 55.8 Å². The molecule has 0 aromatic carbocycles. The quantitative estimate of drug-likeness (QED) is 0.663. The van der Waals surface area contributed by atoms with E-state index in [-0.39, 0.29) is 0 Å². The minimum atomic E-state index is -0.729. The van der Waals surface area contributed by atoms with Gasteiger partial charge in [-0.2, -0.15) is 0 Å². The molecule has 0 aliphatic carbocycles. The Bertz CT molecular complexity index is 228. The normalized spacial score (nSPS) is 20.4. The van der Waals surface area contributed by atoms with Crippen molar-refractivity contribution in [3.8, 4) is 0 Å². The number of carbonyl (C=O) groups is 1. The number of carboxylic acid groups (broad SMARTS) is 1. The van der Waals surface area contributed by atoms with Gasteiger partial charge in [0.15, 0.2) is 0 Å². The maximum atomic E-state index is 11.0. The van der Waals surface area contributed by atoms with E-state index in [2.05, 4.69) is 22.2 Å². The monoisotopic (exact) mass is 243 g/mol. The molecular formula is C12H25N3O2. The first-order chi connectivity index (χ1) is 8.13. The van der Waals surface area contributed by atoms with Gasteiger partial charge in [0.05, 0.1) is 0 Å². The lowest BCUT2D eigenvalue weighted by molar-refractivity contribution is -0.139. The molecule has 0 bridgehead atoms. The van der Waals surface area contributed by atoms with Gasteiger partial charge >= 0.3 is 5.97 Å². The predicted octanol–water partition coefficient (Wildman–Crippen LogP) is 0.0767. The van der Waals surface area contributed by atoms with Gasteiger partial charge in [-0.15, -0.1) is 0 Å². The third-order valence-corrected chi connectivity index (χ3v) is 3.27. The molecule has 0 spiro atoms. The number of nitrogens with one attached hydrogen (secondary N) is 1. The third-order valence-electron chi connectivity index (χ3n) is 3.27. The van der Waals surface area contributed by atoms with Crippen molar-refractivity contribution in [2.24, 2.45) is 0 Å². The summed E-state index contributed by atoms with van der Waals surface area (Å²) in [6.07, 6.45) is 1.66. The van der Waals surface area contributed by atoms with Gasteiger partial charge < -0.3 is 20.2 Å². The Labute approximate surface area is 104 Å². The Balaban J connectivity index is 2.23. The van der Waals surface area contributed by atoms with Crippen molar-refractivity contribution in [1.82, 2.24) is 15.1 Å². The standard InChI is InChI=1S/C12H25N3O2/c1-3-5-13-11(12(16)17)4-6-15-9-7-14(2)8-10-15/h11,13H,3-10H2,1-2H3,(H,16,17). The Morgan fingerprint density at radius 3 is 2.53 bits per heavy atom. The lowest BCUT2D eigenvalue weighted by Gasteiger charge is -2.32. The molecule has 0 amide bonds. The van der Waals surface area contributed by atoms with Crippen LogP contribution in [-0.2, 0) is 4.79 Å². The summed E-state index contributed by atoms with van der Waals surface area (Å²) in [5.41, 5.74) is 0. The van der Waals surface area contributed by atoms with Crippen molar-refractivity contribution < 1.29 is 9.90 Å². The number of carboxylic acids is 1. The smallest absolute Gasteiger partial charge is 0.320 e. The maximum absolute atomic E-state index is 11.0. The molecule has 5 heteroatoms. The van der Waals surface area contributed by atoms with Crippen LogP contribution in [0.1, 0.15) is 19.8 Å². The van der Waals surface area contributed by atoms with Crippen LogP contribution in [-0.4, -0.2) is 73.2 Å². The number of piperazine rings is 1. The van der Waals surface area contributed by atoms with Crippen LogP contribution in [0.2, 0.25) is 0 Å². The summed E-state index contributed by atoms with van der Waals surface area (Å²) in [6.45, 7) is 7.97. The molecule has 5 nitrogen and oxygen atoms in total. The maximum Gasteiger partial charge on any atom is 0.320 e. The van der Waals surface area contributed by atoms with Crippen molar-refractivity contribution in [2.45, 2.75) is 25.8 Å². The molecule has 1 unspecified atom stereocenters. The first-order valence-corrected chi connectivity index (χ1v) is 6.50. The molecule has 1 rings (SSSR count). The van der Waals surface area contributed by atoms with Crippen LogP contribution in [0, 0.1) is 0 Å². The molecule has 0 saturated carbocycles. The minimum absolute atomic E-state index is 0.394. The zero-order chi connectivity index (χ0) is 12.7. The highest BCUT2D eigenvalue weighted by atomic mass is 16.4. The van der Waals surface area contributed by atoms with E-state index in [0.717, 1.165) is 45.7 Å². The Hall–Kier alpha value is -0.650. The summed E-state index contributed by atoms with van der Waals surface area (Å²) < 4.78 is 0. The van der Waals surface area contributed by atoms with Gasteiger partial charge in [-0.25, -0.2) is 0 Å². The van der Waals surface area contributed by atoms with E-state index in [0.29, 0.717) is 6.42 Å². The Morgan fingerprint density at radius 2 is 2.00 bits per heavy atom. The number of aliphatic carboxylic acids is 1. The molecule has 1 heterocycles. The molecule has 1 aliphatic rings. The highest BCUT2D eigenvalue weighted by molar-refractivity contribution is 5.73. The zero-order valence-electron chi connectivity index (χ0n) is 11.0. The average molecular weight is 243 g/mol. The van der Waals surface area contributed by atoms with Crippen molar-refractivity contribution in [3.63, 3.8) is 0 Å². The van der Waals surface area contributed by atoms with E-state index < -0.39 is 12.0 Å². The van der Waals surface area contributed by atoms with E-state index in [1.54, 1.807) is 0 Å². The second-order valence-corrected chi connectivity index (χ2v) is 4.78. The van der Waals surface area contributed by atoms with E-state index in [1.807, 2.05) is 6.92 Å². The molecule has 100 valence electrons. The van der Waals surface area contributed by atoms with E-state index in [9.17, 15) is 4.79 Å². The minimum Gasteiger partial charge on any atom is -0.480 e. The first kappa shape index (κ1) is 14.4. The van der Waals surface area contributed by atoms with Crippen LogP contribution >= 0.6 is 0 Å². The van der Waals surface area contributed by atoms with Gasteiger partial charge in [0.1, 0.15) is 6.04 Å². The van der Waals surface area contributed by atoms with Crippen molar-refractivity contribution in [3.05, 3.63) is 0 Å². The molecule has 17 heavy (non-hydrogen) atoms. The molecule has 1 fully saturated rings. The number of hydrogen-bond donors (Lipinski definition) is 2. The van der Waals surface area contributed by atoms with Gasteiger partial charge in [-0.3, -0.25) is 4.79 Å². The fourth-order valence-electron chi connectivity index (χ4n) is 2.01. The number of nitrogens with zero attached hydrogens (tertiary/aromatic N) is 2. The summed E-state index contributed by atoms with van der Waals surface area (Å²) in [5, 5.41) is 12.2. The molecular weight excluding hydrogens is 218 g/mol. The summed E-state index contributed by atoms with van der Waals surface area (Å²) >= 11 is 0. The van der Waals surface area contributed by atoms with Gasteiger partial charge in [0.2, 0.25) is 0 Å². The van der Waals surface area contributed by atoms with Gasteiger partial charge in [0.25, 0.3) is 0 Å². The average Bonchev–Trinajstić information content (AvgIpc) is 2.31. The molecule has 0 radical (unpaired) electrons. The Kier molecular flexibility index (Phi) is 6.47. The lowest BCUT2D eigenvalue weighted by Crippen LogP contribution is -2.47. The third kappa shape index (κ3) is 5.48. The van der Waals surface area contributed by atoms with Crippen LogP contribution < -0.4 is 5.32 Å². The van der Waals surface area contributed by atoms with Crippen molar-refractivity contribution >= 4 is 5.97 Å². The van der Waals surface area contributed by atoms with Crippen LogP contribution in [0.5, 0.6) is 0 Å². The number of hydrogen-bond acceptors (Lipinski definition) is 4. The fourth-order valence-corrected chi connectivity index (χ4v) is 2.01. The van der Waals surface area contributed by atoms with Gasteiger partial charge in [-0.05, 0) is 26.4 Å². The predicted molar refractivity (Wildman–Crippen MR) is 68.3 cm³/mol. The first-order valence-electron chi connectivity index (χ1n) is 6.50. The number of likely N-dealkylation sites (N-methyl/N-ethyl adjacent to an activating group) is 1. The lowest BCUT2D eigenvalue weighted by atomic mass is 10.2. The zero-order valence-corrected chi connectivity index (χ0v) is 11.0. The van der Waals surface area contributed by atoms with E-state index >= 15 is 0 Å². The summed E-state index contributed by atoms with van der Waals surface area (Å²) in [6, 6.07) is -0.394. The van der Waals surface area contributed by atoms with Crippen molar-refractivity contribution in [1.29, 1.82) is 0 Å². The van der Waals surface area contributed by atoms with Crippen LogP contribution in [0.15, 0.2) is 0 Å². The molecule has 1 saturated heterocycles. The largest absolute Gasteiger partial charge is 0.480 e. The molecule has 1 atom stereocenters. The SMILES string of the molecule is CCCNC(CCN1CCN(C)CC1)C(=O)O. The highest BCUT2D eigenvalue weighted by Crippen LogP contribution is 2.02. The molecule has 0 aromatic rings. The summed E-state index contributed by atoms with van der Waals surface area (Å²) in [5.74, 6) is -0.729. The molecule has 2 N–H and O–H groups in total. The molecule has 0 aromatic heterocycles. The van der Waals surface area contributed by atoms with Gasteiger partial charge in [-0.1, -0.05) is 6.92 Å². The van der Waals surface area contributed by atoms with E-state index in [1.165, 1.54) is 0 Å². The summed E-state index contributed by atoms with van der Waals surface area (Å²) in [7, 11) is 2.13. The van der Waals surface area contributed by atoms with Gasteiger partial charge in [0, 0.05) is 32.7 Å².